The van der Waals surface area contributed by atoms with Crippen LogP contribution in [-0.4, -0.2) is 84.4 Å². The van der Waals surface area contributed by atoms with Gasteiger partial charge in [-0.05, 0) is 61.0 Å². The normalized spacial score (nSPS) is 28.6. The molecule has 4 fully saturated rings. The van der Waals surface area contributed by atoms with Gasteiger partial charge in [0.25, 0.3) is 0 Å². The number of hydrogen-bond donors (Lipinski definition) is 2. The number of nitrogens with one attached hydrogen (secondary N) is 2. The number of likely N-dealkylation sites (tertiary alicyclic amines) is 1. The van der Waals surface area contributed by atoms with Crippen LogP contribution in [0.4, 0.5) is 4.79 Å². The summed E-state index contributed by atoms with van der Waals surface area (Å²) in [6.07, 6.45) is 2.40. The van der Waals surface area contributed by atoms with E-state index in [0.717, 1.165) is 12.8 Å². The van der Waals surface area contributed by atoms with Crippen molar-refractivity contribution < 1.29 is 38.1 Å². The van der Waals surface area contributed by atoms with Crippen LogP contribution in [0.25, 0.3) is 10.9 Å². The Hall–Kier alpha value is -4.31. The number of esters is 1. The average Bonchev–Trinajstić information content (AvgIpc) is 3.89. The molecule has 2 N–H and O–H groups in total. The summed E-state index contributed by atoms with van der Waals surface area (Å²) in [5.41, 5.74) is -1.59. The Balaban J connectivity index is 1.29. The number of methoxy groups -OCH3 is 2. The van der Waals surface area contributed by atoms with Gasteiger partial charge in [0.2, 0.25) is 11.8 Å². The predicted molar refractivity (Wildman–Crippen MR) is 181 cm³/mol. The molecular formula is C36H44ClN5O8. The highest BCUT2D eigenvalue weighted by Crippen LogP contribution is 2.52. The highest BCUT2D eigenvalue weighted by atomic mass is 35.5. The highest BCUT2D eigenvalue weighted by Gasteiger charge is 2.62. The topological polar surface area (TPSA) is 169 Å². The Labute approximate surface area is 296 Å². The van der Waals surface area contributed by atoms with Gasteiger partial charge in [-0.3, -0.25) is 9.59 Å². The van der Waals surface area contributed by atoms with E-state index in [-0.39, 0.29) is 41.5 Å². The zero-order valence-electron chi connectivity index (χ0n) is 29.2. The lowest BCUT2D eigenvalue weighted by atomic mass is 9.85. The van der Waals surface area contributed by atoms with Crippen molar-refractivity contribution in [1.29, 1.82) is 5.26 Å². The van der Waals surface area contributed by atoms with Gasteiger partial charge in [-0.15, -0.1) is 0 Å². The molecule has 4 aliphatic rings. The summed E-state index contributed by atoms with van der Waals surface area (Å²) in [6, 6.07) is 4.78. The van der Waals surface area contributed by atoms with E-state index in [4.69, 9.17) is 30.5 Å². The van der Waals surface area contributed by atoms with E-state index < -0.39 is 53.0 Å². The minimum absolute atomic E-state index is 0.0236. The van der Waals surface area contributed by atoms with Gasteiger partial charge in [0.1, 0.15) is 58.1 Å². The van der Waals surface area contributed by atoms with Crippen LogP contribution in [0.15, 0.2) is 18.2 Å². The lowest BCUT2D eigenvalue weighted by molar-refractivity contribution is -0.148. The fraction of sp³-hybridized carbons (Fsp3) is 0.611. The maximum absolute atomic E-state index is 14.5. The van der Waals surface area contributed by atoms with Crippen LogP contribution < -0.4 is 20.1 Å². The number of pyridine rings is 1. The van der Waals surface area contributed by atoms with Crippen LogP contribution in [0.3, 0.4) is 0 Å². The van der Waals surface area contributed by atoms with Gasteiger partial charge in [0.15, 0.2) is 0 Å². The molecule has 6 rings (SSSR count). The maximum Gasteiger partial charge on any atom is 0.408 e. The molecule has 50 heavy (non-hydrogen) atoms. The summed E-state index contributed by atoms with van der Waals surface area (Å²) in [6.45, 7) is 7.39. The first kappa shape index (κ1) is 35.5. The van der Waals surface area contributed by atoms with Crippen molar-refractivity contribution in [3.63, 3.8) is 0 Å². The summed E-state index contributed by atoms with van der Waals surface area (Å²) in [4.78, 5) is 60.4. The van der Waals surface area contributed by atoms with E-state index in [9.17, 15) is 24.4 Å². The fourth-order valence-corrected chi connectivity index (χ4v) is 8.00. The quantitative estimate of drug-likeness (QED) is 0.335. The molecular weight excluding hydrogens is 666 g/mol. The van der Waals surface area contributed by atoms with Gasteiger partial charge in [0.05, 0.1) is 26.3 Å². The van der Waals surface area contributed by atoms with E-state index in [1.165, 1.54) is 31.6 Å². The lowest BCUT2D eigenvalue weighted by Gasteiger charge is -2.35. The SMILES string of the molecule is CC[C@@H]1C[C@]1(NC(=O)[C@@H]1C[C@@H](Oc2cc(C#N)nc3c(Cl)c(OC)ccc23)CN1C(=O)[C@@H](NC(=O)OC1C[C@@H]2C[C@@H]2C1)C(C)(C)C)C(=O)OC. The van der Waals surface area contributed by atoms with Crippen molar-refractivity contribution in [2.45, 2.75) is 96.1 Å². The molecule has 8 atom stereocenters. The third-order valence-corrected chi connectivity index (χ3v) is 11.0. The Kier molecular flexibility index (Phi) is 9.54. The van der Waals surface area contributed by atoms with Crippen LogP contribution in [0.2, 0.25) is 5.02 Å². The number of hydrogen-bond acceptors (Lipinski definition) is 10. The summed E-state index contributed by atoms with van der Waals surface area (Å²) < 4.78 is 22.6. The molecule has 268 valence electrons. The van der Waals surface area contributed by atoms with Crippen LogP contribution in [0.5, 0.6) is 11.5 Å². The molecule has 0 radical (unpaired) electrons. The minimum Gasteiger partial charge on any atom is -0.495 e. The summed E-state index contributed by atoms with van der Waals surface area (Å²) >= 11 is 6.56. The molecule has 2 heterocycles. The Morgan fingerprint density at radius 1 is 1.10 bits per heavy atom. The second kappa shape index (κ2) is 13.4. The molecule has 1 unspecified atom stereocenters. The zero-order valence-corrected chi connectivity index (χ0v) is 30.0. The first-order chi connectivity index (χ1) is 23.7. The average molecular weight is 710 g/mol. The number of aromatic nitrogens is 1. The van der Waals surface area contributed by atoms with Crippen molar-refractivity contribution >= 4 is 46.4 Å². The van der Waals surface area contributed by atoms with Crippen LogP contribution in [0.1, 0.15) is 71.9 Å². The third kappa shape index (κ3) is 6.74. The second-order valence-electron chi connectivity index (χ2n) is 15.0. The van der Waals surface area contributed by atoms with Gasteiger partial charge < -0.3 is 34.5 Å². The predicted octanol–water partition coefficient (Wildman–Crippen LogP) is 4.51. The molecule has 3 amide bonds. The van der Waals surface area contributed by atoms with Crippen molar-refractivity contribution in [3.05, 3.63) is 28.9 Å². The zero-order chi connectivity index (χ0) is 36.1. The monoisotopic (exact) mass is 709 g/mol. The number of carbonyl (C=O) groups excluding carboxylic acids is 4. The Morgan fingerprint density at radius 3 is 2.42 bits per heavy atom. The molecule has 14 heteroatoms. The van der Waals surface area contributed by atoms with Gasteiger partial charge in [0, 0.05) is 17.9 Å². The van der Waals surface area contributed by atoms with E-state index >= 15 is 0 Å². The molecule has 2 aromatic rings. The Bertz CT molecular complexity index is 1750. The maximum atomic E-state index is 14.5. The molecule has 1 saturated heterocycles. The van der Waals surface area contributed by atoms with E-state index in [0.29, 0.717) is 41.3 Å². The number of amides is 3. The summed E-state index contributed by atoms with van der Waals surface area (Å²) in [7, 11) is 2.75. The second-order valence-corrected chi connectivity index (χ2v) is 15.4. The molecule has 1 aromatic carbocycles. The smallest absolute Gasteiger partial charge is 0.408 e. The van der Waals surface area contributed by atoms with Crippen molar-refractivity contribution in [2.75, 3.05) is 20.8 Å². The number of rotatable bonds is 10. The molecule has 0 spiro atoms. The number of alkyl carbamates (subject to hydrolysis) is 1. The van der Waals surface area contributed by atoms with Crippen LogP contribution in [0, 0.1) is 34.5 Å². The van der Waals surface area contributed by atoms with E-state index in [1.54, 1.807) is 12.1 Å². The third-order valence-electron chi connectivity index (χ3n) is 10.7. The molecule has 1 aromatic heterocycles. The largest absolute Gasteiger partial charge is 0.495 e. The number of ether oxygens (including phenoxy) is 4. The van der Waals surface area contributed by atoms with E-state index in [1.807, 2.05) is 33.8 Å². The van der Waals surface area contributed by atoms with Crippen molar-refractivity contribution in [1.82, 2.24) is 20.5 Å². The van der Waals surface area contributed by atoms with Gasteiger partial charge >= 0.3 is 12.1 Å². The number of benzene rings is 1. The molecule has 0 bridgehead atoms. The number of nitrogens with zero attached hydrogens (tertiary/aromatic N) is 3. The highest BCUT2D eigenvalue weighted by molar-refractivity contribution is 6.36. The molecule has 1 aliphatic heterocycles. The van der Waals surface area contributed by atoms with Crippen LogP contribution in [-0.2, 0) is 23.9 Å². The fourth-order valence-electron chi connectivity index (χ4n) is 7.71. The number of fused-ring (bicyclic) bond motifs is 2. The number of carbonyl (C=O) groups is 4. The first-order valence-electron chi connectivity index (χ1n) is 17.1. The molecule has 3 saturated carbocycles. The lowest BCUT2D eigenvalue weighted by Crippen LogP contribution is -2.59. The standard InChI is InChI=1S/C36H44ClN5O8/c1-7-20-15-36(20,33(45)48-6)41-31(43)25-14-23(49-27-13-21(16-38)39-29-24(27)8-9-26(47-5)28(29)37)17-42(25)32(44)30(35(2,3)4)40-34(46)50-22-11-18-10-19(18)12-22/h8-9,13,18-20,22-23,25,30H,7,10-12,14-15,17H2,1-6H3,(H,40,46)(H,41,43)/t18-,19+,20-,22?,23-,25+,30-,36-/m1/s1. The molecule has 3 aliphatic carbocycles. The van der Waals surface area contributed by atoms with Crippen molar-refractivity contribution in [3.8, 4) is 17.6 Å². The summed E-state index contributed by atoms with van der Waals surface area (Å²) in [5.74, 6) is 0.217. The van der Waals surface area contributed by atoms with E-state index in [2.05, 4.69) is 15.6 Å². The summed E-state index contributed by atoms with van der Waals surface area (Å²) in [5, 5.41) is 16.2. The van der Waals surface area contributed by atoms with Crippen LogP contribution >= 0.6 is 11.6 Å². The minimum atomic E-state index is -1.18. The Morgan fingerprint density at radius 2 is 1.82 bits per heavy atom. The number of nitriles is 1. The van der Waals surface area contributed by atoms with Crippen molar-refractivity contribution in [2.24, 2.45) is 23.2 Å². The number of halogens is 1. The van der Waals surface area contributed by atoms with Gasteiger partial charge in [-0.25, -0.2) is 14.6 Å². The van der Waals surface area contributed by atoms with Gasteiger partial charge in [-0.1, -0.05) is 45.7 Å². The first-order valence-corrected chi connectivity index (χ1v) is 17.5. The van der Waals surface area contributed by atoms with Gasteiger partial charge in [-0.2, -0.15) is 5.26 Å². The molecule has 13 nitrogen and oxygen atoms in total.